The molecule has 1 aromatic carbocycles. The Kier molecular flexibility index (Phi) is 3.67. The number of hydrogen-bond donors (Lipinski definition) is 1. The molecule has 96 valence electrons. The van der Waals surface area contributed by atoms with E-state index in [4.69, 9.17) is 4.74 Å². The zero-order valence-electron chi connectivity index (χ0n) is 10.9. The summed E-state index contributed by atoms with van der Waals surface area (Å²) in [4.78, 5) is 0. The minimum absolute atomic E-state index is 0.679. The summed E-state index contributed by atoms with van der Waals surface area (Å²) in [5.74, 6) is 0.786. The molecule has 0 aliphatic heterocycles. The molecule has 0 aliphatic carbocycles. The number of aliphatic hydroxyl groups is 1. The van der Waals surface area contributed by atoms with E-state index in [0.29, 0.717) is 0 Å². The Hall–Kier alpha value is -1.81. The number of aromatic nitrogens is 2. The van der Waals surface area contributed by atoms with Crippen LogP contribution in [0.2, 0.25) is 0 Å². The summed E-state index contributed by atoms with van der Waals surface area (Å²) in [5.41, 5.74) is 2.66. The highest BCUT2D eigenvalue weighted by molar-refractivity contribution is 5.39. The number of benzene rings is 1. The predicted octanol–water partition coefficient (Wildman–Crippen LogP) is 2.30. The second-order valence-corrected chi connectivity index (χ2v) is 4.20. The Morgan fingerprint density at radius 1 is 1.39 bits per heavy atom. The third kappa shape index (κ3) is 2.24. The number of nitrogens with zero attached hydrogens (tertiary/aromatic N) is 2. The molecule has 0 saturated heterocycles. The molecule has 1 atom stereocenters. The lowest BCUT2D eigenvalue weighted by Gasteiger charge is -2.14. The molecule has 0 amide bonds. The van der Waals surface area contributed by atoms with Crippen molar-refractivity contribution < 1.29 is 9.84 Å². The molecule has 1 aromatic heterocycles. The first-order chi connectivity index (χ1) is 8.67. The molecule has 2 aromatic rings. The van der Waals surface area contributed by atoms with Crippen molar-refractivity contribution in [2.45, 2.75) is 26.5 Å². The van der Waals surface area contributed by atoms with E-state index in [1.165, 1.54) is 0 Å². The van der Waals surface area contributed by atoms with Crippen LogP contribution in [-0.4, -0.2) is 22.0 Å². The molecule has 4 nitrogen and oxygen atoms in total. The number of ether oxygens (including phenoxy) is 1. The van der Waals surface area contributed by atoms with Gasteiger partial charge in [0, 0.05) is 12.7 Å². The SMILES string of the molecule is CCn1nccc1C(O)c1ccc(C)c(OC)c1. The van der Waals surface area contributed by atoms with Gasteiger partial charge in [-0.25, -0.2) is 0 Å². The van der Waals surface area contributed by atoms with Crippen molar-refractivity contribution in [3.05, 3.63) is 47.3 Å². The van der Waals surface area contributed by atoms with Gasteiger partial charge in [0.25, 0.3) is 0 Å². The van der Waals surface area contributed by atoms with E-state index in [2.05, 4.69) is 5.10 Å². The van der Waals surface area contributed by atoms with E-state index < -0.39 is 6.10 Å². The van der Waals surface area contributed by atoms with E-state index in [1.54, 1.807) is 18.0 Å². The molecule has 1 N–H and O–H groups in total. The third-order valence-electron chi connectivity index (χ3n) is 3.08. The summed E-state index contributed by atoms with van der Waals surface area (Å²) in [7, 11) is 1.63. The molecule has 18 heavy (non-hydrogen) atoms. The standard InChI is InChI=1S/C14H18N2O2/c1-4-16-12(7-8-15-16)14(17)11-6-5-10(2)13(9-11)18-3/h5-9,14,17H,4H2,1-3H3. The van der Waals surface area contributed by atoms with E-state index in [0.717, 1.165) is 29.1 Å². The second-order valence-electron chi connectivity index (χ2n) is 4.20. The highest BCUT2D eigenvalue weighted by atomic mass is 16.5. The van der Waals surface area contributed by atoms with Gasteiger partial charge in [-0.1, -0.05) is 12.1 Å². The first-order valence-corrected chi connectivity index (χ1v) is 6.01. The van der Waals surface area contributed by atoms with Crippen molar-refractivity contribution in [1.29, 1.82) is 0 Å². The summed E-state index contributed by atoms with van der Waals surface area (Å²) < 4.78 is 7.06. The van der Waals surface area contributed by atoms with Crippen LogP contribution in [0.4, 0.5) is 0 Å². The Labute approximate surface area is 107 Å². The van der Waals surface area contributed by atoms with Crippen LogP contribution in [0.5, 0.6) is 5.75 Å². The Morgan fingerprint density at radius 3 is 2.83 bits per heavy atom. The van der Waals surface area contributed by atoms with E-state index in [1.807, 2.05) is 38.1 Å². The molecule has 1 heterocycles. The van der Waals surface area contributed by atoms with Crippen molar-refractivity contribution in [2.24, 2.45) is 0 Å². The van der Waals surface area contributed by atoms with Crippen LogP contribution in [-0.2, 0) is 6.54 Å². The Morgan fingerprint density at radius 2 is 2.17 bits per heavy atom. The Balaban J connectivity index is 2.37. The van der Waals surface area contributed by atoms with Gasteiger partial charge in [-0.2, -0.15) is 5.10 Å². The molecule has 0 fully saturated rings. The van der Waals surface area contributed by atoms with Crippen molar-refractivity contribution in [2.75, 3.05) is 7.11 Å². The van der Waals surface area contributed by atoms with Gasteiger partial charge in [-0.15, -0.1) is 0 Å². The van der Waals surface area contributed by atoms with Crippen LogP contribution >= 0.6 is 0 Å². The fraction of sp³-hybridized carbons (Fsp3) is 0.357. The summed E-state index contributed by atoms with van der Waals surface area (Å²) in [6, 6.07) is 7.56. The molecule has 2 rings (SSSR count). The third-order valence-corrected chi connectivity index (χ3v) is 3.08. The van der Waals surface area contributed by atoms with Crippen molar-refractivity contribution in [3.63, 3.8) is 0 Å². The van der Waals surface area contributed by atoms with Crippen LogP contribution in [0, 0.1) is 6.92 Å². The lowest BCUT2D eigenvalue weighted by atomic mass is 10.0. The van der Waals surface area contributed by atoms with Crippen LogP contribution in [0.1, 0.15) is 29.8 Å². The molecule has 0 spiro atoms. The van der Waals surface area contributed by atoms with Gasteiger partial charge in [-0.3, -0.25) is 4.68 Å². The quantitative estimate of drug-likeness (QED) is 0.900. The molecule has 0 aliphatic rings. The van der Waals surface area contributed by atoms with Crippen molar-refractivity contribution in [1.82, 2.24) is 9.78 Å². The first-order valence-electron chi connectivity index (χ1n) is 6.01. The topological polar surface area (TPSA) is 47.3 Å². The number of methoxy groups -OCH3 is 1. The number of aryl methyl sites for hydroxylation is 2. The minimum atomic E-state index is -0.679. The maximum atomic E-state index is 10.4. The average Bonchev–Trinajstić information content (AvgIpc) is 2.86. The summed E-state index contributed by atoms with van der Waals surface area (Å²) in [5, 5.41) is 14.6. The summed E-state index contributed by atoms with van der Waals surface area (Å²) >= 11 is 0. The largest absolute Gasteiger partial charge is 0.496 e. The van der Waals surface area contributed by atoms with Gasteiger partial charge in [0.15, 0.2) is 0 Å². The molecular weight excluding hydrogens is 228 g/mol. The molecule has 4 heteroatoms. The average molecular weight is 246 g/mol. The second kappa shape index (κ2) is 5.23. The van der Waals surface area contributed by atoms with E-state index in [-0.39, 0.29) is 0 Å². The maximum Gasteiger partial charge on any atom is 0.122 e. The number of hydrogen-bond acceptors (Lipinski definition) is 3. The highest BCUT2D eigenvalue weighted by Crippen LogP contribution is 2.27. The normalized spacial score (nSPS) is 12.4. The number of rotatable bonds is 4. The van der Waals surface area contributed by atoms with Crippen molar-refractivity contribution in [3.8, 4) is 5.75 Å². The van der Waals surface area contributed by atoms with E-state index in [9.17, 15) is 5.11 Å². The van der Waals surface area contributed by atoms with E-state index >= 15 is 0 Å². The van der Waals surface area contributed by atoms with Gasteiger partial charge in [0.05, 0.1) is 12.8 Å². The van der Waals surface area contributed by atoms with Crippen LogP contribution < -0.4 is 4.74 Å². The van der Waals surface area contributed by atoms with Gasteiger partial charge in [0.1, 0.15) is 11.9 Å². The molecule has 0 saturated carbocycles. The summed E-state index contributed by atoms with van der Waals surface area (Å²) in [6.45, 7) is 4.71. The van der Waals surface area contributed by atoms with Gasteiger partial charge in [0.2, 0.25) is 0 Å². The molecule has 0 bridgehead atoms. The van der Waals surface area contributed by atoms with Crippen LogP contribution in [0.15, 0.2) is 30.5 Å². The first kappa shape index (κ1) is 12.6. The minimum Gasteiger partial charge on any atom is -0.496 e. The molecule has 0 radical (unpaired) electrons. The maximum absolute atomic E-state index is 10.4. The van der Waals surface area contributed by atoms with Gasteiger partial charge < -0.3 is 9.84 Å². The smallest absolute Gasteiger partial charge is 0.122 e. The van der Waals surface area contributed by atoms with Crippen LogP contribution in [0.3, 0.4) is 0 Å². The zero-order chi connectivity index (χ0) is 13.1. The van der Waals surface area contributed by atoms with Crippen molar-refractivity contribution >= 4 is 0 Å². The van der Waals surface area contributed by atoms with Gasteiger partial charge >= 0.3 is 0 Å². The van der Waals surface area contributed by atoms with Crippen LogP contribution in [0.25, 0.3) is 0 Å². The Bertz CT molecular complexity index is 534. The highest BCUT2D eigenvalue weighted by Gasteiger charge is 2.15. The summed E-state index contributed by atoms with van der Waals surface area (Å²) in [6.07, 6.45) is 1.02. The zero-order valence-corrected chi connectivity index (χ0v) is 10.9. The predicted molar refractivity (Wildman–Crippen MR) is 69.7 cm³/mol. The molecule has 1 unspecified atom stereocenters. The van der Waals surface area contributed by atoms with Gasteiger partial charge in [-0.05, 0) is 37.1 Å². The monoisotopic (exact) mass is 246 g/mol. The molecular formula is C14H18N2O2. The lowest BCUT2D eigenvalue weighted by Crippen LogP contribution is -2.09. The lowest BCUT2D eigenvalue weighted by molar-refractivity contribution is 0.207. The fourth-order valence-corrected chi connectivity index (χ4v) is 2.02. The fourth-order valence-electron chi connectivity index (χ4n) is 2.02. The number of aliphatic hydroxyl groups excluding tert-OH is 1.